The lowest BCUT2D eigenvalue weighted by atomic mass is 10.2. The summed E-state index contributed by atoms with van der Waals surface area (Å²) in [5.74, 6) is 0.323. The molecule has 0 atom stereocenters. The largest absolute Gasteiger partial charge is 0.481 e. The maximum atomic E-state index is 13.6. The van der Waals surface area contributed by atoms with Crippen LogP contribution in [0.5, 0.6) is 5.75 Å². The zero-order valence-corrected chi connectivity index (χ0v) is 15.4. The molecule has 0 saturated carbocycles. The van der Waals surface area contributed by atoms with E-state index in [0.717, 1.165) is 5.82 Å². The van der Waals surface area contributed by atoms with Crippen LogP contribution in [-0.4, -0.2) is 31.4 Å². The van der Waals surface area contributed by atoms with E-state index in [4.69, 9.17) is 9.15 Å². The average molecular weight is 372 g/mol. The van der Waals surface area contributed by atoms with E-state index in [-0.39, 0.29) is 35.9 Å². The van der Waals surface area contributed by atoms with Crippen molar-refractivity contribution in [3.8, 4) is 5.75 Å². The fourth-order valence-electron chi connectivity index (χ4n) is 2.51. The number of nitrogens with zero attached hydrogens (tertiary/aromatic N) is 4. The second-order valence-corrected chi connectivity index (χ2v) is 6.33. The van der Waals surface area contributed by atoms with Crippen LogP contribution in [0.2, 0.25) is 0 Å². The Kier molecular flexibility index (Phi) is 5.54. The predicted molar refractivity (Wildman–Crippen MR) is 95.5 cm³/mol. The molecule has 0 radical (unpaired) electrons. The summed E-state index contributed by atoms with van der Waals surface area (Å²) in [6.07, 6.45) is 4.80. The molecule has 0 N–H and O–H groups in total. The Labute approximate surface area is 156 Å². The summed E-state index contributed by atoms with van der Waals surface area (Å²) in [7, 11) is 1.87. The third-order valence-corrected chi connectivity index (χ3v) is 4.08. The first kappa shape index (κ1) is 18.6. The van der Waals surface area contributed by atoms with Crippen LogP contribution >= 0.6 is 0 Å². The molecule has 2 heterocycles. The molecule has 0 spiro atoms. The standard InChI is InChI=1S/C19H21FN4O3/c1-13(2)24(10-17-21-8-9-23(17)3)19(25)15-11-27-18(22-15)12-26-16-7-5-4-6-14(16)20/h4-9,11,13H,10,12H2,1-3H3. The number of para-hydroxylation sites is 1. The summed E-state index contributed by atoms with van der Waals surface area (Å²) in [5, 5.41) is 0. The molecule has 0 fully saturated rings. The van der Waals surface area contributed by atoms with Crippen LogP contribution in [0.3, 0.4) is 0 Å². The Morgan fingerprint density at radius 2 is 2.15 bits per heavy atom. The minimum absolute atomic E-state index is 0.0518. The predicted octanol–water partition coefficient (Wildman–Crippen LogP) is 3.18. The Bertz CT molecular complexity index is 919. The zero-order valence-electron chi connectivity index (χ0n) is 15.4. The number of carbonyl (C=O) groups excluding carboxylic acids is 1. The van der Waals surface area contributed by atoms with E-state index in [0.29, 0.717) is 6.54 Å². The van der Waals surface area contributed by atoms with Crippen LogP contribution in [0.1, 0.15) is 36.1 Å². The molecule has 0 aliphatic heterocycles. The summed E-state index contributed by atoms with van der Waals surface area (Å²) >= 11 is 0. The van der Waals surface area contributed by atoms with Crippen molar-refractivity contribution >= 4 is 5.91 Å². The number of hydrogen-bond donors (Lipinski definition) is 0. The van der Waals surface area contributed by atoms with Gasteiger partial charge in [0.2, 0.25) is 5.89 Å². The van der Waals surface area contributed by atoms with Crippen LogP contribution < -0.4 is 4.74 Å². The second-order valence-electron chi connectivity index (χ2n) is 6.33. The third-order valence-electron chi connectivity index (χ3n) is 4.08. The topological polar surface area (TPSA) is 73.4 Å². The molecule has 0 bridgehead atoms. The molecule has 1 aromatic carbocycles. The van der Waals surface area contributed by atoms with Crippen molar-refractivity contribution in [3.05, 3.63) is 66.1 Å². The van der Waals surface area contributed by atoms with E-state index in [1.54, 1.807) is 23.2 Å². The quantitative estimate of drug-likeness (QED) is 0.637. The van der Waals surface area contributed by atoms with E-state index in [1.807, 2.05) is 31.7 Å². The van der Waals surface area contributed by atoms with Crippen molar-refractivity contribution < 1.29 is 18.3 Å². The molecule has 0 saturated heterocycles. The monoisotopic (exact) mass is 372 g/mol. The second kappa shape index (κ2) is 8.03. The van der Waals surface area contributed by atoms with Crippen molar-refractivity contribution in [1.82, 2.24) is 19.4 Å². The molecule has 7 nitrogen and oxygen atoms in total. The van der Waals surface area contributed by atoms with Gasteiger partial charge in [-0.3, -0.25) is 4.79 Å². The molecule has 27 heavy (non-hydrogen) atoms. The first-order valence-corrected chi connectivity index (χ1v) is 8.54. The highest BCUT2D eigenvalue weighted by atomic mass is 19.1. The van der Waals surface area contributed by atoms with Crippen molar-refractivity contribution in [2.75, 3.05) is 0 Å². The van der Waals surface area contributed by atoms with Gasteiger partial charge in [-0.15, -0.1) is 0 Å². The van der Waals surface area contributed by atoms with Gasteiger partial charge in [0.25, 0.3) is 5.91 Å². The maximum absolute atomic E-state index is 13.6. The molecule has 8 heteroatoms. The number of ether oxygens (including phenoxy) is 1. The number of hydrogen-bond acceptors (Lipinski definition) is 5. The van der Waals surface area contributed by atoms with E-state index < -0.39 is 5.82 Å². The highest BCUT2D eigenvalue weighted by Gasteiger charge is 2.23. The van der Waals surface area contributed by atoms with Crippen LogP contribution in [0.25, 0.3) is 0 Å². The van der Waals surface area contributed by atoms with Gasteiger partial charge in [0, 0.05) is 25.5 Å². The minimum Gasteiger partial charge on any atom is -0.481 e. The Hall–Kier alpha value is -3.16. The number of halogens is 1. The van der Waals surface area contributed by atoms with Gasteiger partial charge in [0.1, 0.15) is 12.1 Å². The molecule has 3 aromatic rings. The fraction of sp³-hybridized carbons (Fsp3) is 0.316. The molecule has 142 valence electrons. The van der Waals surface area contributed by atoms with Gasteiger partial charge < -0.3 is 18.6 Å². The lowest BCUT2D eigenvalue weighted by Crippen LogP contribution is -2.37. The van der Waals surface area contributed by atoms with Gasteiger partial charge in [-0.2, -0.15) is 0 Å². The molecule has 1 amide bonds. The van der Waals surface area contributed by atoms with E-state index >= 15 is 0 Å². The first-order valence-electron chi connectivity index (χ1n) is 8.54. The van der Waals surface area contributed by atoms with Gasteiger partial charge in [-0.05, 0) is 26.0 Å². The number of imidazole rings is 1. The smallest absolute Gasteiger partial charge is 0.276 e. The average Bonchev–Trinajstić information content (AvgIpc) is 3.27. The summed E-state index contributed by atoms with van der Waals surface area (Å²) in [5.41, 5.74) is 0.171. The van der Waals surface area contributed by atoms with Crippen molar-refractivity contribution in [3.63, 3.8) is 0 Å². The van der Waals surface area contributed by atoms with E-state index in [2.05, 4.69) is 9.97 Å². The summed E-state index contributed by atoms with van der Waals surface area (Å²) in [6, 6.07) is 6.01. The van der Waals surface area contributed by atoms with Gasteiger partial charge in [-0.25, -0.2) is 14.4 Å². The fourth-order valence-corrected chi connectivity index (χ4v) is 2.51. The lowest BCUT2D eigenvalue weighted by molar-refractivity contribution is 0.0677. The molecule has 2 aromatic heterocycles. The van der Waals surface area contributed by atoms with Crippen LogP contribution in [0.4, 0.5) is 4.39 Å². The minimum atomic E-state index is -0.471. The van der Waals surface area contributed by atoms with Crippen molar-refractivity contribution in [1.29, 1.82) is 0 Å². The van der Waals surface area contributed by atoms with Gasteiger partial charge >= 0.3 is 0 Å². The summed E-state index contributed by atoms with van der Waals surface area (Å²) in [4.78, 5) is 22.9. The summed E-state index contributed by atoms with van der Waals surface area (Å²) < 4.78 is 26.1. The van der Waals surface area contributed by atoms with E-state index in [9.17, 15) is 9.18 Å². The first-order chi connectivity index (χ1) is 13.0. The lowest BCUT2D eigenvalue weighted by Gasteiger charge is -2.25. The number of oxazole rings is 1. The zero-order chi connectivity index (χ0) is 19.4. The Morgan fingerprint density at radius 3 is 2.81 bits per heavy atom. The molecular weight excluding hydrogens is 351 g/mol. The number of aryl methyl sites for hydroxylation is 1. The van der Waals surface area contributed by atoms with Crippen molar-refractivity contribution in [2.45, 2.75) is 33.0 Å². The molecule has 3 rings (SSSR count). The summed E-state index contributed by atoms with van der Waals surface area (Å²) in [6.45, 7) is 4.12. The highest BCUT2D eigenvalue weighted by Crippen LogP contribution is 2.18. The number of amides is 1. The van der Waals surface area contributed by atoms with Crippen molar-refractivity contribution in [2.24, 2.45) is 7.05 Å². The maximum Gasteiger partial charge on any atom is 0.276 e. The number of aromatic nitrogens is 3. The van der Waals surface area contributed by atoms with E-state index in [1.165, 1.54) is 18.4 Å². The van der Waals surface area contributed by atoms with Gasteiger partial charge in [0.05, 0.1) is 6.54 Å². The van der Waals surface area contributed by atoms with Crippen LogP contribution in [0, 0.1) is 5.82 Å². The Morgan fingerprint density at radius 1 is 1.37 bits per heavy atom. The SMILES string of the molecule is CC(C)N(Cc1nccn1C)C(=O)c1coc(COc2ccccc2F)n1. The Balaban J connectivity index is 1.69. The molecule has 0 aliphatic rings. The van der Waals surface area contributed by atoms with Crippen LogP contribution in [-0.2, 0) is 20.2 Å². The molecular formula is C19H21FN4O3. The number of benzene rings is 1. The number of rotatable bonds is 7. The van der Waals surface area contributed by atoms with Gasteiger partial charge in [-0.1, -0.05) is 12.1 Å². The normalized spacial score (nSPS) is 11.0. The third kappa shape index (κ3) is 4.33. The highest BCUT2D eigenvalue weighted by molar-refractivity contribution is 5.92. The van der Waals surface area contributed by atoms with Gasteiger partial charge in [0.15, 0.2) is 23.9 Å². The molecule has 0 unspecified atom stereocenters. The van der Waals surface area contributed by atoms with Crippen LogP contribution in [0.15, 0.2) is 47.3 Å². The number of carbonyl (C=O) groups is 1. The molecule has 0 aliphatic carbocycles.